The average molecular weight is 504 g/mol. The molecule has 0 atom stereocenters. The second-order valence-corrected chi connectivity index (χ2v) is 10.2. The zero-order valence-corrected chi connectivity index (χ0v) is 19.1. The van der Waals surface area contributed by atoms with Gasteiger partial charge in [0.2, 0.25) is 0 Å². The number of nitro groups is 1. The van der Waals surface area contributed by atoms with Gasteiger partial charge in [0.1, 0.15) is 0 Å². The predicted molar refractivity (Wildman–Crippen MR) is 121 cm³/mol. The zero-order chi connectivity index (χ0) is 22.1. The van der Waals surface area contributed by atoms with E-state index < -0.39 is 14.9 Å². The van der Waals surface area contributed by atoms with Gasteiger partial charge in [0.05, 0.1) is 30.4 Å². The summed E-state index contributed by atoms with van der Waals surface area (Å²) in [5.41, 5.74) is 0.598. The van der Waals surface area contributed by atoms with Crippen LogP contribution in [-0.4, -0.2) is 13.3 Å². The molecule has 0 fully saturated rings. The highest BCUT2D eigenvalue weighted by molar-refractivity contribution is 7.99. The molecule has 0 heterocycles. The summed E-state index contributed by atoms with van der Waals surface area (Å²) in [5, 5.41) is 12.6. The summed E-state index contributed by atoms with van der Waals surface area (Å²) in [6, 6.07) is 13.3. The Bertz CT molecular complexity index is 1250. The lowest BCUT2D eigenvalue weighted by Gasteiger charge is -2.12. The van der Waals surface area contributed by atoms with Crippen molar-refractivity contribution >= 4 is 68.0 Å². The van der Waals surface area contributed by atoms with Gasteiger partial charge in [0.15, 0.2) is 0 Å². The molecule has 0 aliphatic carbocycles. The minimum atomic E-state index is -4.07. The van der Waals surface area contributed by atoms with Crippen molar-refractivity contribution < 1.29 is 13.3 Å². The Kier molecular flexibility index (Phi) is 6.84. The highest BCUT2D eigenvalue weighted by Crippen LogP contribution is 2.38. The van der Waals surface area contributed by atoms with Crippen LogP contribution in [0.1, 0.15) is 5.56 Å². The number of nitro benzene ring substituents is 1. The Morgan fingerprint density at radius 1 is 0.967 bits per heavy atom. The Morgan fingerprint density at radius 3 is 2.37 bits per heavy atom. The van der Waals surface area contributed by atoms with Crippen LogP contribution in [-0.2, 0) is 10.0 Å². The Hall–Kier alpha value is -1.97. The van der Waals surface area contributed by atoms with E-state index in [1.807, 2.05) is 0 Å². The molecule has 0 saturated carbocycles. The van der Waals surface area contributed by atoms with E-state index >= 15 is 0 Å². The number of halogens is 3. The van der Waals surface area contributed by atoms with Crippen molar-refractivity contribution in [2.75, 3.05) is 4.72 Å². The third-order valence-corrected chi connectivity index (χ3v) is 7.39. The van der Waals surface area contributed by atoms with E-state index in [0.717, 1.165) is 17.8 Å². The number of hydrogen-bond donors (Lipinski definition) is 1. The second-order valence-electron chi connectivity index (χ2n) is 6.13. The smallest absolute Gasteiger partial charge is 0.279 e. The van der Waals surface area contributed by atoms with Crippen LogP contribution in [0, 0.1) is 17.0 Å². The molecule has 0 radical (unpaired) electrons. The monoisotopic (exact) mass is 502 g/mol. The minimum absolute atomic E-state index is 0.243. The van der Waals surface area contributed by atoms with Gasteiger partial charge in [0, 0.05) is 16.0 Å². The van der Waals surface area contributed by atoms with E-state index in [1.54, 1.807) is 37.3 Å². The number of anilines is 1. The lowest BCUT2D eigenvalue weighted by atomic mass is 10.2. The highest BCUT2D eigenvalue weighted by Gasteiger charge is 2.23. The van der Waals surface area contributed by atoms with E-state index in [9.17, 15) is 18.5 Å². The number of nitrogens with zero attached hydrogens (tertiary/aromatic N) is 1. The van der Waals surface area contributed by atoms with Crippen LogP contribution in [0.15, 0.2) is 69.3 Å². The molecule has 0 aliphatic heterocycles. The van der Waals surface area contributed by atoms with Crippen molar-refractivity contribution in [2.24, 2.45) is 0 Å². The molecule has 11 heteroatoms. The first-order chi connectivity index (χ1) is 14.1. The van der Waals surface area contributed by atoms with Crippen LogP contribution in [0.4, 0.5) is 11.4 Å². The summed E-state index contributed by atoms with van der Waals surface area (Å²) in [6.45, 7) is 1.72. The number of nitrogens with one attached hydrogen (secondary N) is 1. The van der Waals surface area contributed by atoms with Crippen molar-refractivity contribution in [3.05, 3.63) is 85.3 Å². The van der Waals surface area contributed by atoms with Crippen molar-refractivity contribution in [1.82, 2.24) is 0 Å². The van der Waals surface area contributed by atoms with Crippen LogP contribution >= 0.6 is 46.6 Å². The molecule has 0 spiro atoms. The molecule has 1 N–H and O–H groups in total. The summed E-state index contributed by atoms with van der Waals surface area (Å²) < 4.78 is 28.0. The number of benzene rings is 3. The molecule has 156 valence electrons. The van der Waals surface area contributed by atoms with Gasteiger partial charge in [-0.1, -0.05) is 52.6 Å². The Balaban J connectivity index is 1.96. The molecular weight excluding hydrogens is 491 g/mol. The maximum Gasteiger partial charge on any atom is 0.284 e. The van der Waals surface area contributed by atoms with Crippen molar-refractivity contribution in [1.29, 1.82) is 0 Å². The van der Waals surface area contributed by atoms with Crippen molar-refractivity contribution in [2.45, 2.75) is 21.6 Å². The van der Waals surface area contributed by atoms with Crippen LogP contribution in [0.25, 0.3) is 0 Å². The maximum absolute atomic E-state index is 12.8. The number of hydrogen-bond acceptors (Lipinski definition) is 5. The molecule has 3 aromatic carbocycles. The third kappa shape index (κ3) is 5.19. The van der Waals surface area contributed by atoms with Gasteiger partial charge in [-0.25, -0.2) is 8.42 Å². The van der Waals surface area contributed by atoms with Gasteiger partial charge >= 0.3 is 0 Å². The lowest BCUT2D eigenvalue weighted by molar-refractivity contribution is -0.388. The van der Waals surface area contributed by atoms with E-state index in [1.165, 1.54) is 18.2 Å². The van der Waals surface area contributed by atoms with Gasteiger partial charge < -0.3 is 0 Å². The van der Waals surface area contributed by atoms with Crippen LogP contribution in [0.3, 0.4) is 0 Å². The predicted octanol–water partition coefficient (Wildman–Crippen LogP) is 6.82. The number of aryl methyl sites for hydroxylation is 1. The number of rotatable bonds is 6. The van der Waals surface area contributed by atoms with Crippen molar-refractivity contribution in [3.63, 3.8) is 0 Å². The highest BCUT2D eigenvalue weighted by atomic mass is 35.5. The van der Waals surface area contributed by atoms with E-state index in [2.05, 4.69) is 4.72 Å². The largest absolute Gasteiger partial charge is 0.284 e. The molecular formula is C19H13Cl3N2O4S2. The molecule has 6 nitrogen and oxygen atoms in total. The summed E-state index contributed by atoms with van der Waals surface area (Å²) in [6.07, 6.45) is 0. The SMILES string of the molecule is Cc1ccc(Cl)cc1NS(=O)(=O)c1ccc(Sc2ccc(Cl)c(Cl)c2)c([N+](=O)[O-])c1. The standard InChI is InChI=1S/C19H13Cl3N2O4S2/c1-11-2-3-12(20)8-17(11)23-30(27,28)14-5-7-19(18(10-14)24(25)26)29-13-4-6-15(21)16(22)9-13/h2-10,23H,1H3. The Labute approximate surface area is 192 Å². The molecule has 0 bridgehead atoms. The van der Waals surface area contributed by atoms with E-state index in [-0.39, 0.29) is 15.5 Å². The van der Waals surface area contributed by atoms with Gasteiger partial charge in [-0.15, -0.1) is 0 Å². The molecule has 0 aromatic heterocycles. The van der Waals surface area contributed by atoms with E-state index in [4.69, 9.17) is 34.8 Å². The molecule has 0 unspecified atom stereocenters. The van der Waals surface area contributed by atoms with Gasteiger partial charge in [-0.3, -0.25) is 14.8 Å². The summed E-state index contributed by atoms with van der Waals surface area (Å²) in [5.74, 6) is 0. The summed E-state index contributed by atoms with van der Waals surface area (Å²) in [4.78, 5) is 11.6. The molecule has 3 rings (SSSR count). The summed E-state index contributed by atoms with van der Waals surface area (Å²) >= 11 is 18.9. The molecule has 3 aromatic rings. The van der Waals surface area contributed by atoms with Gasteiger partial charge in [-0.05, 0) is 55.0 Å². The third-order valence-electron chi connectivity index (χ3n) is 4.00. The van der Waals surface area contributed by atoms with Crippen LogP contribution < -0.4 is 4.72 Å². The van der Waals surface area contributed by atoms with Gasteiger partial charge in [0.25, 0.3) is 15.7 Å². The Morgan fingerprint density at radius 2 is 1.70 bits per heavy atom. The second kappa shape index (κ2) is 9.03. The minimum Gasteiger partial charge on any atom is -0.279 e. The van der Waals surface area contributed by atoms with E-state index in [0.29, 0.717) is 31.2 Å². The fraction of sp³-hybridized carbons (Fsp3) is 0.0526. The summed E-state index contributed by atoms with van der Waals surface area (Å²) in [7, 11) is -4.07. The van der Waals surface area contributed by atoms with Crippen LogP contribution in [0.2, 0.25) is 15.1 Å². The first-order valence-electron chi connectivity index (χ1n) is 8.27. The molecule has 0 aliphatic rings. The topological polar surface area (TPSA) is 89.3 Å². The molecule has 0 amide bonds. The maximum atomic E-state index is 12.8. The molecule has 0 saturated heterocycles. The van der Waals surface area contributed by atoms with Gasteiger partial charge in [-0.2, -0.15) is 0 Å². The molecule has 30 heavy (non-hydrogen) atoms. The normalized spacial score (nSPS) is 11.3. The number of sulfonamides is 1. The average Bonchev–Trinajstić information content (AvgIpc) is 2.67. The fourth-order valence-electron chi connectivity index (χ4n) is 2.47. The lowest BCUT2D eigenvalue weighted by Crippen LogP contribution is -2.14. The quantitative estimate of drug-likeness (QED) is 0.294. The zero-order valence-electron chi connectivity index (χ0n) is 15.2. The first kappa shape index (κ1) is 22.7. The fourth-order valence-corrected chi connectivity index (χ4v) is 5.09. The van der Waals surface area contributed by atoms with Crippen LogP contribution in [0.5, 0.6) is 0 Å². The van der Waals surface area contributed by atoms with Crippen molar-refractivity contribution in [3.8, 4) is 0 Å². The first-order valence-corrected chi connectivity index (χ1v) is 11.7.